The van der Waals surface area contributed by atoms with Gasteiger partial charge >= 0.3 is 5.97 Å². The third-order valence-electron chi connectivity index (χ3n) is 8.38. The van der Waals surface area contributed by atoms with Crippen molar-refractivity contribution in [3.8, 4) is 34.3 Å². The van der Waals surface area contributed by atoms with E-state index in [0.29, 0.717) is 11.3 Å². The normalized spacial score (nSPS) is 30.1. The second kappa shape index (κ2) is 15.3. The van der Waals surface area contributed by atoms with Crippen LogP contribution in [0, 0.1) is 0 Å². The Morgan fingerprint density at radius 3 is 2.10 bits per heavy atom. The molecule has 5 N–H and O–H groups in total. The van der Waals surface area contributed by atoms with Crippen LogP contribution in [0.1, 0.15) is 20.3 Å². The fourth-order valence-electron chi connectivity index (χ4n) is 5.74. The van der Waals surface area contributed by atoms with E-state index >= 15 is 0 Å². The van der Waals surface area contributed by atoms with Gasteiger partial charge in [-0.25, -0.2) is 0 Å². The zero-order valence-corrected chi connectivity index (χ0v) is 27.4. The Bertz CT molecular complexity index is 1660. The minimum Gasteiger partial charge on any atom is -0.497 e. The van der Waals surface area contributed by atoms with Crippen molar-refractivity contribution in [2.24, 2.45) is 0 Å². The summed E-state index contributed by atoms with van der Waals surface area (Å²) in [6, 6.07) is 9.57. The van der Waals surface area contributed by atoms with Gasteiger partial charge in [0.15, 0.2) is 23.2 Å². The highest BCUT2D eigenvalue weighted by atomic mass is 16.7. The average molecular weight is 693 g/mol. The standard InChI is InChI=1S/C33H40O16/c1-6-18-25(37)31(49-32-27(39)26(38)24(36)22(47-32)13-44-14(2)34)28(40)33(46-18)48-30-23-17(35)11-19(15-7-9-16(41-3)10-8-15)45-20(23)12-21(42-4)29(30)43-5/h7-12,18,22,24-28,31-33,36-40H,6,13H2,1-5H3/t18?,22?,24-,25+,26+,27?,28?,31+,32+,33+/m1/s1. The molecule has 1 aromatic heterocycles. The summed E-state index contributed by atoms with van der Waals surface area (Å²) in [5, 5.41) is 54.0. The first-order valence-corrected chi connectivity index (χ1v) is 15.5. The molecule has 16 heteroatoms. The Balaban J connectivity index is 1.49. The van der Waals surface area contributed by atoms with Crippen molar-refractivity contribution >= 4 is 16.9 Å². The highest BCUT2D eigenvalue weighted by Crippen LogP contribution is 2.45. The Kier molecular flexibility index (Phi) is 11.3. The fourth-order valence-corrected chi connectivity index (χ4v) is 5.74. The van der Waals surface area contributed by atoms with Gasteiger partial charge in [-0.1, -0.05) is 6.92 Å². The maximum atomic E-state index is 13.7. The van der Waals surface area contributed by atoms with Crippen LogP contribution in [-0.4, -0.2) is 121 Å². The van der Waals surface area contributed by atoms with Gasteiger partial charge in [-0.15, -0.1) is 0 Å². The Hall–Kier alpha value is -4.00. The lowest BCUT2D eigenvalue weighted by Crippen LogP contribution is -2.64. The number of carbonyl (C=O) groups excluding carboxylic acids is 1. The number of benzene rings is 2. The maximum absolute atomic E-state index is 13.7. The van der Waals surface area contributed by atoms with E-state index in [2.05, 4.69) is 0 Å². The van der Waals surface area contributed by atoms with Crippen LogP contribution in [0.15, 0.2) is 45.6 Å². The van der Waals surface area contributed by atoms with Gasteiger partial charge in [0.25, 0.3) is 0 Å². The summed E-state index contributed by atoms with van der Waals surface area (Å²) >= 11 is 0. The van der Waals surface area contributed by atoms with E-state index in [9.17, 15) is 35.1 Å². The van der Waals surface area contributed by atoms with E-state index in [-0.39, 0.29) is 40.4 Å². The van der Waals surface area contributed by atoms with E-state index in [1.807, 2.05) is 0 Å². The van der Waals surface area contributed by atoms with Crippen LogP contribution in [0.25, 0.3) is 22.3 Å². The molecule has 49 heavy (non-hydrogen) atoms. The largest absolute Gasteiger partial charge is 0.497 e. The number of aliphatic hydroxyl groups is 5. The van der Waals surface area contributed by atoms with Crippen molar-refractivity contribution in [1.29, 1.82) is 0 Å². The molecule has 0 bridgehead atoms. The van der Waals surface area contributed by atoms with Crippen LogP contribution in [0.2, 0.25) is 0 Å². The van der Waals surface area contributed by atoms with Crippen LogP contribution in [-0.2, 0) is 23.7 Å². The van der Waals surface area contributed by atoms with Crippen LogP contribution in [0.3, 0.4) is 0 Å². The second-order valence-electron chi connectivity index (χ2n) is 11.5. The molecule has 0 saturated carbocycles. The molecule has 2 aliphatic rings. The van der Waals surface area contributed by atoms with E-state index in [1.165, 1.54) is 33.5 Å². The topological polar surface area (TPSA) is 222 Å². The van der Waals surface area contributed by atoms with Crippen molar-refractivity contribution in [3.63, 3.8) is 0 Å². The van der Waals surface area contributed by atoms with Gasteiger partial charge in [0.1, 0.15) is 71.8 Å². The Labute approximate surface area is 280 Å². The summed E-state index contributed by atoms with van der Waals surface area (Å²) in [4.78, 5) is 25.0. The lowest BCUT2D eigenvalue weighted by molar-refractivity contribution is -0.351. The van der Waals surface area contributed by atoms with Gasteiger partial charge in [-0.3, -0.25) is 9.59 Å². The minimum absolute atomic E-state index is 0.0246. The van der Waals surface area contributed by atoms with Gasteiger partial charge < -0.3 is 67.8 Å². The Morgan fingerprint density at radius 2 is 1.49 bits per heavy atom. The molecule has 5 rings (SSSR count). The van der Waals surface area contributed by atoms with Crippen molar-refractivity contribution in [1.82, 2.24) is 0 Å². The lowest BCUT2D eigenvalue weighted by Gasteiger charge is -2.46. The maximum Gasteiger partial charge on any atom is 0.302 e. The molecule has 3 aromatic rings. The lowest BCUT2D eigenvalue weighted by atomic mass is 9.95. The number of aliphatic hydroxyl groups excluding tert-OH is 5. The molecule has 2 aromatic carbocycles. The van der Waals surface area contributed by atoms with Crippen LogP contribution in [0.5, 0.6) is 23.0 Å². The summed E-state index contributed by atoms with van der Waals surface area (Å²) < 4.78 is 50.8. The molecule has 2 saturated heterocycles. The molecule has 3 heterocycles. The van der Waals surface area contributed by atoms with Gasteiger partial charge in [0.2, 0.25) is 12.0 Å². The van der Waals surface area contributed by atoms with Gasteiger partial charge in [-0.2, -0.15) is 0 Å². The predicted octanol–water partition coefficient (Wildman–Crippen LogP) is 0.477. The monoisotopic (exact) mass is 692 g/mol. The van der Waals surface area contributed by atoms with Gasteiger partial charge in [0, 0.05) is 24.6 Å². The van der Waals surface area contributed by atoms with E-state index in [0.717, 1.165) is 6.92 Å². The van der Waals surface area contributed by atoms with Crippen LogP contribution >= 0.6 is 0 Å². The first-order valence-electron chi connectivity index (χ1n) is 15.5. The zero-order chi connectivity index (χ0) is 35.6. The van der Waals surface area contributed by atoms with E-state index in [1.54, 1.807) is 31.2 Å². The van der Waals surface area contributed by atoms with E-state index in [4.69, 9.17) is 42.3 Å². The van der Waals surface area contributed by atoms with Crippen LogP contribution in [0.4, 0.5) is 0 Å². The molecule has 0 spiro atoms. The number of ether oxygens (including phenoxy) is 8. The Morgan fingerprint density at radius 1 is 0.796 bits per heavy atom. The van der Waals surface area contributed by atoms with E-state index < -0.39 is 79.4 Å². The number of esters is 1. The first-order chi connectivity index (χ1) is 23.4. The van der Waals surface area contributed by atoms with Gasteiger partial charge in [-0.05, 0) is 30.7 Å². The summed E-state index contributed by atoms with van der Waals surface area (Å²) in [5.41, 5.74) is 0.113. The predicted molar refractivity (Wildman–Crippen MR) is 167 cm³/mol. The summed E-state index contributed by atoms with van der Waals surface area (Å²) in [7, 11) is 4.22. The first kappa shape index (κ1) is 36.3. The third kappa shape index (κ3) is 7.32. The van der Waals surface area contributed by atoms with Crippen LogP contribution < -0.4 is 24.4 Å². The van der Waals surface area contributed by atoms with Crippen molar-refractivity contribution in [2.45, 2.75) is 81.7 Å². The highest BCUT2D eigenvalue weighted by Gasteiger charge is 2.51. The quantitative estimate of drug-likeness (QED) is 0.172. The van der Waals surface area contributed by atoms with Crippen molar-refractivity contribution in [3.05, 3.63) is 46.6 Å². The average Bonchev–Trinajstić information content (AvgIpc) is 3.09. The summed E-state index contributed by atoms with van der Waals surface area (Å²) in [6.45, 7) is 2.35. The van der Waals surface area contributed by atoms with Gasteiger partial charge in [0.05, 0.1) is 27.4 Å². The molecule has 0 radical (unpaired) electrons. The number of fused-ring (bicyclic) bond motifs is 1. The fraction of sp³-hybridized carbons (Fsp3) is 0.515. The molecule has 2 fully saturated rings. The molecule has 16 nitrogen and oxygen atoms in total. The highest BCUT2D eigenvalue weighted by molar-refractivity contribution is 5.90. The molecule has 268 valence electrons. The number of hydrogen-bond donors (Lipinski definition) is 5. The number of carbonyl (C=O) groups is 1. The molecule has 4 unspecified atom stereocenters. The molecular weight excluding hydrogens is 652 g/mol. The molecular formula is C33H40O16. The number of methoxy groups -OCH3 is 3. The smallest absolute Gasteiger partial charge is 0.302 e. The van der Waals surface area contributed by atoms with Crippen molar-refractivity contribution < 1.29 is 72.6 Å². The minimum atomic E-state index is -1.84. The molecule has 2 aliphatic heterocycles. The number of hydrogen-bond acceptors (Lipinski definition) is 16. The summed E-state index contributed by atoms with van der Waals surface area (Å²) in [6.07, 6.45) is -15.6. The summed E-state index contributed by atoms with van der Waals surface area (Å²) in [5.74, 6) is 0.0631. The SMILES string of the molecule is CCC1O[C@@H](Oc2c(OC)c(OC)cc3oc(-c4ccc(OC)cc4)cc(=O)c23)C(O)[C@@H](O[C@@H]2OC(COC(C)=O)[C@@H](O)[C@H](O)C2O)[C@H]1O. The number of rotatable bonds is 11. The molecule has 0 aliphatic carbocycles. The molecule has 10 atom stereocenters. The van der Waals surface area contributed by atoms with Crippen molar-refractivity contribution in [2.75, 3.05) is 27.9 Å². The zero-order valence-electron chi connectivity index (χ0n) is 27.4. The third-order valence-corrected chi connectivity index (χ3v) is 8.38. The molecule has 0 amide bonds. The second-order valence-corrected chi connectivity index (χ2v) is 11.5.